The Morgan fingerprint density at radius 1 is 0.688 bits per heavy atom. The van der Waals surface area contributed by atoms with E-state index in [1.807, 2.05) is 0 Å². The van der Waals surface area contributed by atoms with Crippen molar-refractivity contribution in [2.24, 2.45) is 17.5 Å². The molecule has 0 radical (unpaired) electrons. The van der Waals surface area contributed by atoms with Crippen LogP contribution in [-0.4, -0.2) is 33.6 Å². The number of amides is 3. The number of carboxylic acid groups (broad SMARTS) is 3. The number of carbonyl (C=O) groups is 3. The zero-order chi connectivity index (χ0) is 12.9. The third-order valence-electron chi connectivity index (χ3n) is 0.370. The van der Waals surface area contributed by atoms with Crippen molar-refractivity contribution in [3.05, 3.63) is 0 Å². The first-order valence-corrected chi connectivity index (χ1v) is 2.90. The van der Waals surface area contributed by atoms with E-state index in [0.29, 0.717) is 0 Å². The molecule has 0 saturated carbocycles. The van der Waals surface area contributed by atoms with Crippen LogP contribution in [0.4, 0.5) is 14.4 Å². The summed E-state index contributed by atoms with van der Waals surface area (Å²) in [4.78, 5) is 27.4. The minimum Gasteiger partial charge on any atom is -0.464 e. The summed E-state index contributed by atoms with van der Waals surface area (Å²) in [5.41, 5.74) is 4.33. The van der Waals surface area contributed by atoms with Crippen LogP contribution in [0.15, 0.2) is 0 Å². The van der Waals surface area contributed by atoms with E-state index in [-0.39, 0.29) is 40.8 Å². The first kappa shape index (κ1) is 24.3. The standard InChI is InChI=1S/3CH4N2O2.Nd/c3*2-3-1(4)5;/h3*3H,2H2,(H,4,5);. The summed E-state index contributed by atoms with van der Waals surface area (Å²) in [5.74, 6) is 13.0. The topological polar surface area (TPSA) is 226 Å². The van der Waals surface area contributed by atoms with E-state index < -0.39 is 18.3 Å². The second kappa shape index (κ2) is 19.6. The van der Waals surface area contributed by atoms with Crippen LogP contribution < -0.4 is 33.8 Å². The van der Waals surface area contributed by atoms with Crippen molar-refractivity contribution in [3.8, 4) is 0 Å². The van der Waals surface area contributed by atoms with Crippen molar-refractivity contribution >= 4 is 18.3 Å². The summed E-state index contributed by atoms with van der Waals surface area (Å²) < 4.78 is 0. The fourth-order valence-corrected chi connectivity index (χ4v) is 0. The van der Waals surface area contributed by atoms with Gasteiger partial charge in [0.15, 0.2) is 0 Å². The molecule has 0 aliphatic heterocycles. The molecule has 0 heterocycles. The average Bonchev–Trinajstić information content (AvgIpc) is 2.19. The van der Waals surface area contributed by atoms with Gasteiger partial charge in [-0.3, -0.25) is 16.3 Å². The monoisotopic (exact) mass is 370 g/mol. The molecule has 0 aliphatic rings. The molecular weight excluding hydrogens is 360 g/mol. The molecule has 0 unspecified atom stereocenters. The predicted octanol–water partition coefficient (Wildman–Crippen LogP) is -2.62. The smallest absolute Gasteiger partial charge is 0.418 e. The van der Waals surface area contributed by atoms with Crippen LogP contribution in [0.1, 0.15) is 0 Å². The van der Waals surface area contributed by atoms with Crippen molar-refractivity contribution in [2.75, 3.05) is 0 Å². The molecule has 12 nitrogen and oxygen atoms in total. The Kier molecular flexibility index (Phi) is 29.8. The Bertz CT molecular complexity index is 167. The van der Waals surface area contributed by atoms with Crippen molar-refractivity contribution in [2.45, 2.75) is 0 Å². The molecule has 0 aromatic rings. The van der Waals surface area contributed by atoms with Gasteiger partial charge in [0.2, 0.25) is 0 Å². The van der Waals surface area contributed by atoms with Crippen LogP contribution in [0, 0.1) is 40.8 Å². The summed E-state index contributed by atoms with van der Waals surface area (Å²) in [6.07, 6.45) is -3.65. The largest absolute Gasteiger partial charge is 0.464 e. The molecular formula is C3H12N6NdO6. The van der Waals surface area contributed by atoms with Crippen molar-refractivity contribution in [1.29, 1.82) is 0 Å². The minimum atomic E-state index is -1.22. The molecule has 16 heavy (non-hydrogen) atoms. The Morgan fingerprint density at radius 3 is 0.750 bits per heavy atom. The molecule has 3 amide bonds. The van der Waals surface area contributed by atoms with Crippen LogP contribution in [0.2, 0.25) is 0 Å². The third kappa shape index (κ3) is 74.4. The van der Waals surface area contributed by atoms with Crippen LogP contribution >= 0.6 is 0 Å². The molecule has 0 aliphatic carbocycles. The number of nitrogens with one attached hydrogen (secondary N) is 3. The van der Waals surface area contributed by atoms with Gasteiger partial charge in [-0.1, -0.05) is 0 Å². The van der Waals surface area contributed by atoms with Crippen LogP contribution in [0.25, 0.3) is 0 Å². The summed E-state index contributed by atoms with van der Waals surface area (Å²) in [6.45, 7) is 0. The van der Waals surface area contributed by atoms with Gasteiger partial charge in [0, 0.05) is 40.8 Å². The molecule has 94 valence electrons. The van der Waals surface area contributed by atoms with Crippen LogP contribution in [0.5, 0.6) is 0 Å². The van der Waals surface area contributed by atoms with Crippen molar-refractivity contribution in [3.63, 3.8) is 0 Å². The molecule has 0 atom stereocenters. The number of hydrogen-bond acceptors (Lipinski definition) is 6. The zero-order valence-electron chi connectivity index (χ0n) is 7.80. The summed E-state index contributed by atoms with van der Waals surface area (Å²) in [5, 5.41) is 22.5. The fourth-order valence-electron chi connectivity index (χ4n) is 0. The van der Waals surface area contributed by atoms with Gasteiger partial charge in [0.25, 0.3) is 0 Å². The van der Waals surface area contributed by atoms with Crippen LogP contribution in [-0.2, 0) is 0 Å². The number of hydrogen-bond donors (Lipinski definition) is 9. The van der Waals surface area contributed by atoms with Gasteiger partial charge < -0.3 is 15.3 Å². The zero-order valence-corrected chi connectivity index (χ0v) is 11.0. The van der Waals surface area contributed by atoms with Crippen LogP contribution in [0.3, 0.4) is 0 Å². The van der Waals surface area contributed by atoms with Gasteiger partial charge in [-0.05, 0) is 0 Å². The van der Waals surface area contributed by atoms with Gasteiger partial charge in [0.05, 0.1) is 0 Å². The molecule has 0 aromatic carbocycles. The first-order valence-electron chi connectivity index (χ1n) is 2.90. The Balaban J connectivity index is -0.0000000655. The number of nitrogens with two attached hydrogens (primary N) is 3. The molecule has 12 N–H and O–H groups in total. The van der Waals surface area contributed by atoms with E-state index in [0.717, 1.165) is 0 Å². The number of rotatable bonds is 0. The second-order valence-electron chi connectivity index (χ2n) is 1.35. The van der Waals surface area contributed by atoms with Gasteiger partial charge in [0.1, 0.15) is 0 Å². The minimum absolute atomic E-state index is 0. The van der Waals surface area contributed by atoms with E-state index in [1.165, 1.54) is 16.3 Å². The molecule has 0 spiro atoms. The summed E-state index contributed by atoms with van der Waals surface area (Å²) in [7, 11) is 0. The maximum atomic E-state index is 9.13. The quantitative estimate of drug-likeness (QED) is 0.123. The molecule has 0 fully saturated rings. The first-order chi connectivity index (χ1) is 6.81. The molecule has 13 heteroatoms. The molecule has 0 saturated heterocycles. The second-order valence-corrected chi connectivity index (χ2v) is 1.35. The van der Waals surface area contributed by atoms with E-state index in [1.54, 1.807) is 0 Å². The maximum absolute atomic E-state index is 9.13. The predicted molar refractivity (Wildman–Crippen MR) is 46.0 cm³/mol. The van der Waals surface area contributed by atoms with Gasteiger partial charge in [-0.15, -0.1) is 0 Å². The third-order valence-corrected chi connectivity index (χ3v) is 0.370. The van der Waals surface area contributed by atoms with Gasteiger partial charge >= 0.3 is 18.3 Å². The summed E-state index contributed by atoms with van der Waals surface area (Å²) in [6, 6.07) is 0. The van der Waals surface area contributed by atoms with E-state index in [9.17, 15) is 0 Å². The van der Waals surface area contributed by atoms with Gasteiger partial charge in [-0.25, -0.2) is 31.9 Å². The number of hydrazine groups is 3. The molecule has 0 aromatic heterocycles. The Morgan fingerprint density at radius 2 is 0.750 bits per heavy atom. The molecule has 0 bridgehead atoms. The van der Waals surface area contributed by atoms with Gasteiger partial charge in [-0.2, -0.15) is 0 Å². The summed E-state index contributed by atoms with van der Waals surface area (Å²) >= 11 is 0. The SMILES string of the molecule is NNC(=O)O.NNC(=O)O.NNC(=O)O.[Nd]. The van der Waals surface area contributed by atoms with E-state index in [2.05, 4.69) is 17.5 Å². The van der Waals surface area contributed by atoms with E-state index in [4.69, 9.17) is 29.7 Å². The Labute approximate surface area is 122 Å². The average molecular weight is 372 g/mol. The fraction of sp³-hybridized carbons (Fsp3) is 0. The van der Waals surface area contributed by atoms with Crippen molar-refractivity contribution < 1.29 is 70.5 Å². The molecule has 0 rings (SSSR count). The Hall–Kier alpha value is -0.959. The maximum Gasteiger partial charge on any atom is 0.418 e. The van der Waals surface area contributed by atoms with E-state index >= 15 is 0 Å². The van der Waals surface area contributed by atoms with Crippen molar-refractivity contribution in [1.82, 2.24) is 16.3 Å². The normalized spacial score (nSPS) is 6.19.